The zero-order valence-electron chi connectivity index (χ0n) is 13.8. The fourth-order valence-electron chi connectivity index (χ4n) is 4.07. The number of carbonyl (C=O) groups excluding carboxylic acids is 1. The Morgan fingerprint density at radius 2 is 1.80 bits per heavy atom. The van der Waals surface area contributed by atoms with Crippen LogP contribution in [0.3, 0.4) is 0 Å². The van der Waals surface area contributed by atoms with E-state index in [1.807, 2.05) is 0 Å². The molecule has 5 heteroatoms. The second-order valence-corrected chi connectivity index (χ2v) is 6.92. The van der Waals surface area contributed by atoms with Crippen molar-refractivity contribution in [3.63, 3.8) is 0 Å². The van der Waals surface area contributed by atoms with E-state index in [4.69, 9.17) is 0 Å². The molecule has 0 spiro atoms. The largest absolute Gasteiger partial charge is 0.481 e. The molecule has 0 radical (unpaired) electrons. The van der Waals surface area contributed by atoms with E-state index in [1.165, 1.54) is 12.1 Å². The molecule has 1 saturated carbocycles. The van der Waals surface area contributed by atoms with Gasteiger partial charge in [0.2, 0.25) is 0 Å². The Balaban J connectivity index is 1.99. The van der Waals surface area contributed by atoms with E-state index in [1.54, 1.807) is 48.2 Å². The summed E-state index contributed by atoms with van der Waals surface area (Å²) in [6, 6.07) is 12.7. The van der Waals surface area contributed by atoms with Crippen molar-refractivity contribution in [2.45, 2.75) is 37.3 Å². The maximum absolute atomic E-state index is 13.4. The smallest absolute Gasteiger partial charge is 0.313 e. The molecule has 1 N–H and O–H groups in total. The van der Waals surface area contributed by atoms with E-state index in [0.717, 1.165) is 12.8 Å². The maximum Gasteiger partial charge on any atom is 0.313 e. The highest BCUT2D eigenvalue weighted by molar-refractivity contribution is 6.01. The van der Waals surface area contributed by atoms with Crippen LogP contribution in [0.2, 0.25) is 0 Å². The summed E-state index contributed by atoms with van der Waals surface area (Å²) in [7, 11) is 0. The summed E-state index contributed by atoms with van der Waals surface area (Å²) in [6.45, 7) is 1.78. The first-order valence-electron chi connectivity index (χ1n) is 8.36. The minimum atomic E-state index is -1.06. The number of carboxylic acid groups (broad SMARTS) is 1. The van der Waals surface area contributed by atoms with Crippen molar-refractivity contribution in [3.8, 4) is 0 Å². The topological polar surface area (TPSA) is 57.6 Å². The third-order valence-electron chi connectivity index (χ3n) is 5.37. The van der Waals surface area contributed by atoms with E-state index in [0.29, 0.717) is 16.7 Å². The lowest BCUT2D eigenvalue weighted by Gasteiger charge is -2.49. The first-order valence-corrected chi connectivity index (χ1v) is 8.36. The van der Waals surface area contributed by atoms with E-state index in [2.05, 4.69) is 0 Å². The Labute approximate surface area is 144 Å². The summed E-state index contributed by atoms with van der Waals surface area (Å²) >= 11 is 0. The van der Waals surface area contributed by atoms with Gasteiger partial charge >= 0.3 is 5.97 Å². The second kappa shape index (κ2) is 5.41. The van der Waals surface area contributed by atoms with Gasteiger partial charge in [-0.05, 0) is 49.1 Å². The Morgan fingerprint density at radius 1 is 1.16 bits per heavy atom. The molecule has 4 rings (SSSR count). The predicted molar refractivity (Wildman–Crippen MR) is 89.8 cm³/mol. The number of hydrogen-bond donors (Lipinski definition) is 1. The maximum atomic E-state index is 13.4. The van der Waals surface area contributed by atoms with Gasteiger partial charge in [0.1, 0.15) is 11.7 Å². The van der Waals surface area contributed by atoms with Gasteiger partial charge in [-0.15, -0.1) is 0 Å². The molecule has 128 valence electrons. The number of benzene rings is 2. The molecular weight excluding hydrogens is 321 g/mol. The zero-order chi connectivity index (χ0) is 17.8. The van der Waals surface area contributed by atoms with Crippen LogP contribution in [-0.2, 0) is 10.3 Å². The zero-order valence-corrected chi connectivity index (χ0v) is 13.8. The lowest BCUT2D eigenvalue weighted by atomic mass is 9.70. The van der Waals surface area contributed by atoms with Crippen molar-refractivity contribution in [2.75, 3.05) is 0 Å². The molecule has 2 aliphatic rings. The first-order chi connectivity index (χ1) is 11.9. The molecule has 2 aromatic rings. The van der Waals surface area contributed by atoms with E-state index >= 15 is 0 Å². The molecule has 4 nitrogen and oxygen atoms in total. The van der Waals surface area contributed by atoms with Crippen molar-refractivity contribution < 1.29 is 19.1 Å². The Hall–Kier alpha value is -2.69. The second-order valence-electron chi connectivity index (χ2n) is 6.92. The van der Waals surface area contributed by atoms with Crippen molar-refractivity contribution in [2.24, 2.45) is 0 Å². The molecule has 0 bridgehead atoms. The summed E-state index contributed by atoms with van der Waals surface area (Å²) in [6.07, 6.45) is 1.72. The van der Waals surface area contributed by atoms with Gasteiger partial charge in [0.15, 0.2) is 0 Å². The molecule has 1 fully saturated rings. The van der Waals surface area contributed by atoms with Crippen LogP contribution in [0.25, 0.3) is 0 Å². The molecule has 2 unspecified atom stereocenters. The standard InChI is InChI=1S/C20H18FNO3/c1-20(12-6-8-13(21)9-7-12)17(19(24)25)15-4-2-3-5-16(15)18(23)22(20)14-10-11-14/h2-9,14,17H,10-11H2,1H3,(H,24,25). The minimum absolute atomic E-state index is 0.0257. The average Bonchev–Trinajstić information content (AvgIpc) is 3.40. The number of fused-ring (bicyclic) bond motifs is 1. The summed E-state index contributed by atoms with van der Waals surface area (Å²) in [5, 5.41) is 10.0. The lowest BCUT2D eigenvalue weighted by Crippen LogP contribution is -2.57. The molecule has 1 aliphatic carbocycles. The van der Waals surface area contributed by atoms with Crippen molar-refractivity contribution >= 4 is 11.9 Å². The molecule has 1 heterocycles. The third-order valence-corrected chi connectivity index (χ3v) is 5.37. The number of halogens is 1. The quantitative estimate of drug-likeness (QED) is 0.931. The average molecular weight is 339 g/mol. The Morgan fingerprint density at radius 3 is 2.40 bits per heavy atom. The highest BCUT2D eigenvalue weighted by Crippen LogP contribution is 2.51. The van der Waals surface area contributed by atoms with Crippen LogP contribution in [0.15, 0.2) is 48.5 Å². The van der Waals surface area contributed by atoms with E-state index in [9.17, 15) is 19.1 Å². The fraction of sp³-hybridized carbons (Fsp3) is 0.300. The van der Waals surface area contributed by atoms with Gasteiger partial charge in [-0.2, -0.15) is 0 Å². The number of rotatable bonds is 3. The lowest BCUT2D eigenvalue weighted by molar-refractivity contribution is -0.143. The minimum Gasteiger partial charge on any atom is -0.481 e. The van der Waals surface area contributed by atoms with Crippen molar-refractivity contribution in [1.29, 1.82) is 0 Å². The highest BCUT2D eigenvalue weighted by Gasteiger charge is 2.56. The van der Waals surface area contributed by atoms with Crippen LogP contribution >= 0.6 is 0 Å². The monoisotopic (exact) mass is 339 g/mol. The third kappa shape index (κ3) is 2.26. The van der Waals surface area contributed by atoms with Crippen LogP contribution in [0.4, 0.5) is 4.39 Å². The highest BCUT2D eigenvalue weighted by atomic mass is 19.1. The van der Waals surface area contributed by atoms with Gasteiger partial charge in [0.05, 0.1) is 5.54 Å². The first kappa shape index (κ1) is 15.8. The number of carboxylic acids is 1. The number of hydrogen-bond acceptors (Lipinski definition) is 2. The summed E-state index contributed by atoms with van der Waals surface area (Å²) < 4.78 is 13.4. The van der Waals surface area contributed by atoms with E-state index in [-0.39, 0.29) is 17.8 Å². The number of amides is 1. The van der Waals surface area contributed by atoms with Crippen molar-refractivity contribution in [1.82, 2.24) is 4.90 Å². The Bertz CT molecular complexity index is 859. The van der Waals surface area contributed by atoms with Crippen LogP contribution in [0, 0.1) is 5.82 Å². The molecular formula is C20H18FNO3. The molecule has 2 atom stereocenters. The SMILES string of the molecule is CC1(c2ccc(F)cc2)C(C(=O)O)c2ccccc2C(=O)N1C1CC1. The summed E-state index contributed by atoms with van der Waals surface area (Å²) in [4.78, 5) is 27.1. The van der Waals surface area contributed by atoms with Crippen LogP contribution < -0.4 is 0 Å². The summed E-state index contributed by atoms with van der Waals surface area (Å²) in [5.74, 6) is -2.44. The van der Waals surface area contributed by atoms with Gasteiger partial charge in [0.25, 0.3) is 5.91 Å². The van der Waals surface area contributed by atoms with Crippen molar-refractivity contribution in [3.05, 3.63) is 71.0 Å². The van der Waals surface area contributed by atoms with Gasteiger partial charge in [-0.25, -0.2) is 4.39 Å². The van der Waals surface area contributed by atoms with Crippen LogP contribution in [-0.4, -0.2) is 27.9 Å². The summed E-state index contributed by atoms with van der Waals surface area (Å²) in [5.41, 5.74) is 0.535. The molecule has 0 saturated heterocycles. The van der Waals surface area contributed by atoms with Crippen LogP contribution in [0.1, 0.15) is 47.2 Å². The van der Waals surface area contributed by atoms with Gasteiger partial charge in [-0.1, -0.05) is 30.3 Å². The Kier molecular flexibility index (Phi) is 3.42. The molecule has 2 aromatic carbocycles. The molecule has 1 amide bonds. The number of carbonyl (C=O) groups is 2. The molecule has 1 aliphatic heterocycles. The molecule has 0 aromatic heterocycles. The van der Waals surface area contributed by atoms with Gasteiger partial charge < -0.3 is 10.0 Å². The van der Waals surface area contributed by atoms with E-state index < -0.39 is 17.4 Å². The van der Waals surface area contributed by atoms with Gasteiger partial charge in [0, 0.05) is 11.6 Å². The predicted octanol–water partition coefficient (Wildman–Crippen LogP) is 3.53. The number of nitrogens with zero attached hydrogens (tertiary/aromatic N) is 1. The molecule has 25 heavy (non-hydrogen) atoms. The number of aliphatic carboxylic acids is 1. The fourth-order valence-corrected chi connectivity index (χ4v) is 4.07. The normalized spacial score (nSPS) is 25.6. The van der Waals surface area contributed by atoms with Gasteiger partial charge in [-0.3, -0.25) is 9.59 Å². The van der Waals surface area contributed by atoms with Crippen LogP contribution in [0.5, 0.6) is 0 Å².